The third kappa shape index (κ3) is 2.01. The second-order valence-corrected chi connectivity index (χ2v) is 2.63. The van der Waals surface area contributed by atoms with Crippen molar-refractivity contribution in [2.75, 3.05) is 5.73 Å². The molecule has 0 atom stereocenters. The molecule has 72 valence electrons. The van der Waals surface area contributed by atoms with Crippen molar-refractivity contribution >= 4 is 5.88 Å². The molecule has 0 saturated heterocycles. The number of ether oxygens (including phenoxy) is 1. The number of rotatable bonds is 3. The lowest BCUT2D eigenvalue weighted by atomic mass is 10.5. The summed E-state index contributed by atoms with van der Waals surface area (Å²) in [5.41, 5.74) is 5.35. The van der Waals surface area contributed by atoms with Crippen molar-refractivity contribution in [1.29, 1.82) is 0 Å². The number of oxazole rings is 1. The van der Waals surface area contributed by atoms with Crippen LogP contribution < -0.4 is 10.5 Å². The summed E-state index contributed by atoms with van der Waals surface area (Å²) < 4.78 is 10.4. The van der Waals surface area contributed by atoms with E-state index in [-0.39, 0.29) is 12.5 Å². The summed E-state index contributed by atoms with van der Waals surface area (Å²) in [5.74, 6) is 1.41. The summed E-state index contributed by atoms with van der Waals surface area (Å²) >= 11 is 0. The van der Waals surface area contributed by atoms with Gasteiger partial charge in [-0.25, -0.2) is 4.98 Å². The minimum Gasteiger partial charge on any atom is -0.482 e. The van der Waals surface area contributed by atoms with Crippen LogP contribution in [0.4, 0.5) is 5.88 Å². The molecular weight excluding hydrogens is 182 g/mol. The maximum atomic E-state index is 5.35. The first kappa shape index (κ1) is 8.55. The van der Waals surface area contributed by atoms with Crippen LogP contribution in [0.25, 0.3) is 0 Å². The zero-order valence-electron chi connectivity index (χ0n) is 7.38. The Bertz CT molecular complexity index is 399. The fourth-order valence-electron chi connectivity index (χ4n) is 0.969. The highest BCUT2D eigenvalue weighted by atomic mass is 16.5. The second kappa shape index (κ2) is 3.78. The van der Waals surface area contributed by atoms with Gasteiger partial charge in [0.05, 0.1) is 12.4 Å². The van der Waals surface area contributed by atoms with E-state index in [1.54, 1.807) is 24.5 Å². The van der Waals surface area contributed by atoms with Crippen molar-refractivity contribution in [2.45, 2.75) is 6.61 Å². The first-order chi connectivity index (χ1) is 6.84. The molecule has 2 N–H and O–H groups in total. The van der Waals surface area contributed by atoms with E-state index >= 15 is 0 Å². The van der Waals surface area contributed by atoms with Gasteiger partial charge < -0.3 is 14.9 Å². The number of hydrogen-bond acceptors (Lipinski definition) is 5. The van der Waals surface area contributed by atoms with Crippen LogP contribution in [0, 0.1) is 0 Å². The van der Waals surface area contributed by atoms with Crippen molar-refractivity contribution < 1.29 is 9.15 Å². The molecular formula is C9H9N3O2. The van der Waals surface area contributed by atoms with Crippen LogP contribution in [0.5, 0.6) is 5.75 Å². The van der Waals surface area contributed by atoms with E-state index in [4.69, 9.17) is 14.9 Å². The fraction of sp³-hybridized carbons (Fsp3) is 0.111. The molecule has 2 heterocycles. The molecule has 0 aliphatic rings. The van der Waals surface area contributed by atoms with Crippen LogP contribution in [-0.2, 0) is 6.61 Å². The summed E-state index contributed by atoms with van der Waals surface area (Å²) in [6.07, 6.45) is 4.74. The fourth-order valence-corrected chi connectivity index (χ4v) is 0.969. The molecule has 0 saturated carbocycles. The van der Waals surface area contributed by atoms with Gasteiger partial charge in [-0.3, -0.25) is 4.98 Å². The van der Waals surface area contributed by atoms with Gasteiger partial charge in [0.1, 0.15) is 5.75 Å². The van der Waals surface area contributed by atoms with Gasteiger partial charge in [0.2, 0.25) is 11.8 Å². The largest absolute Gasteiger partial charge is 0.482 e. The monoisotopic (exact) mass is 191 g/mol. The van der Waals surface area contributed by atoms with Crippen molar-refractivity contribution in [3.63, 3.8) is 0 Å². The van der Waals surface area contributed by atoms with Crippen LogP contribution in [0.1, 0.15) is 5.89 Å². The predicted octanol–water partition coefficient (Wildman–Crippen LogP) is 1.23. The van der Waals surface area contributed by atoms with Gasteiger partial charge in [-0.1, -0.05) is 0 Å². The topological polar surface area (TPSA) is 74.2 Å². The molecule has 0 aliphatic heterocycles. The summed E-state index contributed by atoms with van der Waals surface area (Å²) in [6.45, 7) is 0.253. The van der Waals surface area contributed by atoms with Crippen molar-refractivity contribution in [2.24, 2.45) is 0 Å². The summed E-state index contributed by atoms with van der Waals surface area (Å²) in [6, 6.07) is 3.60. The second-order valence-electron chi connectivity index (χ2n) is 2.63. The minimum atomic E-state index is 0.253. The Morgan fingerprint density at radius 2 is 2.36 bits per heavy atom. The Labute approximate surface area is 80.5 Å². The third-order valence-corrected chi connectivity index (χ3v) is 1.57. The number of hydrogen-bond donors (Lipinski definition) is 1. The Morgan fingerprint density at radius 3 is 3.00 bits per heavy atom. The van der Waals surface area contributed by atoms with Gasteiger partial charge in [0.25, 0.3) is 0 Å². The highest BCUT2D eigenvalue weighted by Crippen LogP contribution is 2.10. The number of aromatic nitrogens is 2. The summed E-state index contributed by atoms with van der Waals surface area (Å²) in [7, 11) is 0. The van der Waals surface area contributed by atoms with Gasteiger partial charge in [-0.2, -0.15) is 0 Å². The Balaban J connectivity index is 1.95. The average Bonchev–Trinajstić information content (AvgIpc) is 2.63. The van der Waals surface area contributed by atoms with E-state index in [9.17, 15) is 0 Å². The molecule has 14 heavy (non-hydrogen) atoms. The molecule has 0 aliphatic carbocycles. The van der Waals surface area contributed by atoms with E-state index in [2.05, 4.69) is 9.97 Å². The molecule has 5 nitrogen and oxygen atoms in total. The Kier molecular flexibility index (Phi) is 2.31. The first-order valence-corrected chi connectivity index (χ1v) is 4.07. The summed E-state index contributed by atoms with van der Waals surface area (Å²) in [4.78, 5) is 7.80. The highest BCUT2D eigenvalue weighted by molar-refractivity contribution is 5.18. The normalized spacial score (nSPS) is 10.0. The maximum Gasteiger partial charge on any atom is 0.234 e. The number of anilines is 1. The van der Waals surface area contributed by atoms with Gasteiger partial charge in [0, 0.05) is 6.20 Å². The zero-order chi connectivity index (χ0) is 9.80. The van der Waals surface area contributed by atoms with Gasteiger partial charge in [-0.05, 0) is 12.1 Å². The average molecular weight is 191 g/mol. The van der Waals surface area contributed by atoms with E-state index in [0.717, 1.165) is 0 Å². The molecule has 0 amide bonds. The van der Waals surface area contributed by atoms with Crippen LogP contribution in [-0.4, -0.2) is 9.97 Å². The van der Waals surface area contributed by atoms with E-state index in [0.29, 0.717) is 11.6 Å². The van der Waals surface area contributed by atoms with E-state index in [1.165, 1.54) is 6.20 Å². The quantitative estimate of drug-likeness (QED) is 0.789. The molecule has 0 aromatic carbocycles. The molecule has 0 spiro atoms. The van der Waals surface area contributed by atoms with Gasteiger partial charge in [0.15, 0.2) is 6.61 Å². The van der Waals surface area contributed by atoms with Gasteiger partial charge in [-0.15, -0.1) is 0 Å². The number of nitrogens with two attached hydrogens (primary N) is 1. The predicted molar refractivity (Wildman–Crippen MR) is 49.5 cm³/mol. The lowest BCUT2D eigenvalue weighted by Gasteiger charge is -2.00. The molecule has 2 rings (SSSR count). The van der Waals surface area contributed by atoms with E-state index in [1.807, 2.05) is 0 Å². The smallest absolute Gasteiger partial charge is 0.234 e. The number of nitrogens with zero attached hydrogens (tertiary/aromatic N) is 2. The highest BCUT2D eigenvalue weighted by Gasteiger charge is 2.01. The van der Waals surface area contributed by atoms with Crippen LogP contribution >= 0.6 is 0 Å². The van der Waals surface area contributed by atoms with Crippen LogP contribution in [0.3, 0.4) is 0 Å². The summed E-state index contributed by atoms with van der Waals surface area (Å²) in [5, 5.41) is 0. The molecule has 2 aromatic heterocycles. The SMILES string of the molecule is Nc1cnc(COc2cccnc2)o1. The third-order valence-electron chi connectivity index (χ3n) is 1.57. The molecule has 2 aromatic rings. The van der Waals surface area contributed by atoms with Crippen LogP contribution in [0.2, 0.25) is 0 Å². The van der Waals surface area contributed by atoms with Crippen molar-refractivity contribution in [3.8, 4) is 5.75 Å². The lowest BCUT2D eigenvalue weighted by Crippen LogP contribution is -1.95. The van der Waals surface area contributed by atoms with Gasteiger partial charge >= 0.3 is 0 Å². The van der Waals surface area contributed by atoms with E-state index < -0.39 is 0 Å². The van der Waals surface area contributed by atoms with Crippen LogP contribution in [0.15, 0.2) is 35.1 Å². The minimum absolute atomic E-state index is 0.253. The maximum absolute atomic E-state index is 5.35. The molecule has 0 fully saturated rings. The standard InChI is InChI=1S/C9H9N3O2/c10-8-5-12-9(14-8)6-13-7-2-1-3-11-4-7/h1-5H,6,10H2. The molecule has 0 radical (unpaired) electrons. The lowest BCUT2D eigenvalue weighted by molar-refractivity contribution is 0.264. The zero-order valence-corrected chi connectivity index (χ0v) is 7.38. The number of pyridine rings is 1. The Morgan fingerprint density at radius 1 is 1.43 bits per heavy atom. The Hall–Kier alpha value is -2.04. The number of nitrogen functional groups attached to an aromatic ring is 1. The first-order valence-electron chi connectivity index (χ1n) is 4.07. The molecule has 5 heteroatoms. The molecule has 0 unspecified atom stereocenters. The van der Waals surface area contributed by atoms with Crippen molar-refractivity contribution in [1.82, 2.24) is 9.97 Å². The molecule has 0 bridgehead atoms. The van der Waals surface area contributed by atoms with Crippen molar-refractivity contribution in [3.05, 3.63) is 36.6 Å².